The van der Waals surface area contributed by atoms with Crippen LogP contribution >= 0.6 is 0 Å². The fourth-order valence-electron chi connectivity index (χ4n) is 2.11. The number of carbonyl (C=O) groups is 1. The SMILES string of the molecule is Nc1ncc(C2CCCC2)c(C(=O)O)n1. The van der Waals surface area contributed by atoms with Crippen LogP contribution < -0.4 is 5.73 Å². The summed E-state index contributed by atoms with van der Waals surface area (Å²) in [4.78, 5) is 18.6. The van der Waals surface area contributed by atoms with Gasteiger partial charge in [0.2, 0.25) is 5.95 Å². The molecule has 0 amide bonds. The van der Waals surface area contributed by atoms with Gasteiger partial charge in [-0.2, -0.15) is 0 Å². The topological polar surface area (TPSA) is 89.1 Å². The van der Waals surface area contributed by atoms with Gasteiger partial charge in [0.15, 0.2) is 5.69 Å². The monoisotopic (exact) mass is 207 g/mol. The van der Waals surface area contributed by atoms with Gasteiger partial charge in [-0.25, -0.2) is 14.8 Å². The molecule has 0 aliphatic heterocycles. The first-order chi connectivity index (χ1) is 7.18. The Labute approximate surface area is 87.4 Å². The first-order valence-corrected chi connectivity index (χ1v) is 5.04. The number of nitrogens with two attached hydrogens (primary N) is 1. The number of hydrogen-bond donors (Lipinski definition) is 2. The fraction of sp³-hybridized carbons (Fsp3) is 0.500. The first-order valence-electron chi connectivity index (χ1n) is 5.04. The maximum Gasteiger partial charge on any atom is 0.354 e. The van der Waals surface area contributed by atoms with Crippen LogP contribution in [0, 0.1) is 0 Å². The van der Waals surface area contributed by atoms with Gasteiger partial charge in [-0.1, -0.05) is 12.8 Å². The Hall–Kier alpha value is -1.65. The molecular formula is C10H13N3O2. The highest BCUT2D eigenvalue weighted by Gasteiger charge is 2.24. The summed E-state index contributed by atoms with van der Waals surface area (Å²) in [5.41, 5.74) is 6.17. The maximum atomic E-state index is 11.0. The number of nitrogen functional groups attached to an aromatic ring is 1. The quantitative estimate of drug-likeness (QED) is 0.765. The molecule has 15 heavy (non-hydrogen) atoms. The van der Waals surface area contributed by atoms with Gasteiger partial charge in [0.1, 0.15) is 0 Å². The zero-order chi connectivity index (χ0) is 10.8. The summed E-state index contributed by atoms with van der Waals surface area (Å²) >= 11 is 0. The summed E-state index contributed by atoms with van der Waals surface area (Å²) in [6, 6.07) is 0. The van der Waals surface area contributed by atoms with Crippen molar-refractivity contribution in [1.82, 2.24) is 9.97 Å². The van der Waals surface area contributed by atoms with E-state index >= 15 is 0 Å². The van der Waals surface area contributed by atoms with Crippen LogP contribution in [-0.2, 0) is 0 Å². The number of hydrogen-bond acceptors (Lipinski definition) is 4. The minimum absolute atomic E-state index is 0.0224. The van der Waals surface area contributed by atoms with Gasteiger partial charge in [0.05, 0.1) is 0 Å². The largest absolute Gasteiger partial charge is 0.476 e. The van der Waals surface area contributed by atoms with Gasteiger partial charge in [-0.05, 0) is 18.8 Å². The van der Waals surface area contributed by atoms with Crippen LogP contribution in [0.3, 0.4) is 0 Å². The molecule has 80 valence electrons. The van der Waals surface area contributed by atoms with Crippen LogP contribution in [0.5, 0.6) is 0 Å². The van der Waals surface area contributed by atoms with Crippen molar-refractivity contribution in [3.63, 3.8) is 0 Å². The van der Waals surface area contributed by atoms with Crippen molar-refractivity contribution < 1.29 is 9.90 Å². The lowest BCUT2D eigenvalue weighted by Gasteiger charge is -2.11. The summed E-state index contributed by atoms with van der Waals surface area (Å²) in [6.45, 7) is 0. The third-order valence-corrected chi connectivity index (χ3v) is 2.83. The third kappa shape index (κ3) is 1.91. The standard InChI is InChI=1S/C10H13N3O2/c11-10-12-5-7(6-3-1-2-4-6)8(13-10)9(14)15/h5-6H,1-4H2,(H,14,15)(H2,11,12,13). The van der Waals surface area contributed by atoms with E-state index in [9.17, 15) is 4.79 Å². The molecule has 0 bridgehead atoms. The van der Waals surface area contributed by atoms with Gasteiger partial charge in [0.25, 0.3) is 0 Å². The van der Waals surface area contributed by atoms with E-state index in [-0.39, 0.29) is 17.6 Å². The molecule has 1 saturated carbocycles. The lowest BCUT2D eigenvalue weighted by Crippen LogP contribution is -2.11. The number of nitrogens with zero attached hydrogens (tertiary/aromatic N) is 2. The highest BCUT2D eigenvalue weighted by atomic mass is 16.4. The predicted octanol–water partition coefficient (Wildman–Crippen LogP) is 1.41. The number of aromatic nitrogens is 2. The molecule has 1 heterocycles. The Kier molecular flexibility index (Phi) is 2.53. The van der Waals surface area contributed by atoms with Crippen molar-refractivity contribution in [3.8, 4) is 0 Å². The van der Waals surface area contributed by atoms with Crippen LogP contribution in [-0.4, -0.2) is 21.0 Å². The molecule has 1 fully saturated rings. The second-order valence-electron chi connectivity index (χ2n) is 3.82. The molecule has 1 aliphatic rings. The average molecular weight is 207 g/mol. The summed E-state index contributed by atoms with van der Waals surface area (Å²) in [6.07, 6.45) is 5.89. The molecule has 0 unspecified atom stereocenters. The fourth-order valence-corrected chi connectivity index (χ4v) is 2.11. The zero-order valence-corrected chi connectivity index (χ0v) is 8.31. The number of carboxylic acids is 1. The number of carboxylic acid groups (broad SMARTS) is 1. The van der Waals surface area contributed by atoms with Gasteiger partial charge in [-0.3, -0.25) is 0 Å². The van der Waals surface area contributed by atoms with E-state index in [0.717, 1.165) is 31.2 Å². The smallest absolute Gasteiger partial charge is 0.354 e. The molecule has 2 rings (SSSR count). The van der Waals surface area contributed by atoms with Crippen molar-refractivity contribution in [3.05, 3.63) is 17.5 Å². The van der Waals surface area contributed by atoms with E-state index in [0.29, 0.717) is 0 Å². The van der Waals surface area contributed by atoms with E-state index in [1.165, 1.54) is 0 Å². The van der Waals surface area contributed by atoms with Crippen LogP contribution in [0.4, 0.5) is 5.95 Å². The molecule has 0 saturated heterocycles. The number of rotatable bonds is 2. The third-order valence-electron chi connectivity index (χ3n) is 2.83. The van der Waals surface area contributed by atoms with E-state index in [4.69, 9.17) is 10.8 Å². The molecule has 0 radical (unpaired) electrons. The number of anilines is 1. The van der Waals surface area contributed by atoms with Crippen molar-refractivity contribution >= 4 is 11.9 Å². The Morgan fingerprint density at radius 2 is 2.13 bits per heavy atom. The van der Waals surface area contributed by atoms with E-state index in [1.54, 1.807) is 6.20 Å². The van der Waals surface area contributed by atoms with Gasteiger partial charge < -0.3 is 10.8 Å². The lowest BCUT2D eigenvalue weighted by molar-refractivity contribution is 0.0688. The predicted molar refractivity (Wildman–Crippen MR) is 54.6 cm³/mol. The average Bonchev–Trinajstić information content (AvgIpc) is 2.70. The van der Waals surface area contributed by atoms with E-state index < -0.39 is 5.97 Å². The Morgan fingerprint density at radius 1 is 1.47 bits per heavy atom. The van der Waals surface area contributed by atoms with E-state index in [2.05, 4.69) is 9.97 Å². The molecule has 0 aromatic carbocycles. The van der Waals surface area contributed by atoms with Gasteiger partial charge in [-0.15, -0.1) is 0 Å². The van der Waals surface area contributed by atoms with Gasteiger partial charge >= 0.3 is 5.97 Å². The summed E-state index contributed by atoms with van der Waals surface area (Å²) in [7, 11) is 0. The summed E-state index contributed by atoms with van der Waals surface area (Å²) < 4.78 is 0. The zero-order valence-electron chi connectivity index (χ0n) is 8.31. The van der Waals surface area contributed by atoms with E-state index in [1.807, 2.05) is 0 Å². The molecule has 5 nitrogen and oxygen atoms in total. The molecule has 0 atom stereocenters. The minimum atomic E-state index is -1.02. The molecule has 1 aromatic rings. The van der Waals surface area contributed by atoms with Crippen molar-refractivity contribution in [2.45, 2.75) is 31.6 Å². The first kappa shape index (κ1) is 9.89. The van der Waals surface area contributed by atoms with Crippen LogP contribution in [0.15, 0.2) is 6.20 Å². The molecular weight excluding hydrogens is 194 g/mol. The summed E-state index contributed by atoms with van der Waals surface area (Å²) in [5.74, 6) is -0.711. The Morgan fingerprint density at radius 3 is 2.73 bits per heavy atom. The normalized spacial score (nSPS) is 16.8. The van der Waals surface area contributed by atoms with Crippen LogP contribution in [0.25, 0.3) is 0 Å². The molecule has 1 aromatic heterocycles. The van der Waals surface area contributed by atoms with Crippen molar-refractivity contribution in [1.29, 1.82) is 0 Å². The highest BCUT2D eigenvalue weighted by molar-refractivity contribution is 5.87. The van der Waals surface area contributed by atoms with Crippen molar-refractivity contribution in [2.75, 3.05) is 5.73 Å². The Balaban J connectivity index is 2.40. The van der Waals surface area contributed by atoms with Crippen LogP contribution in [0.2, 0.25) is 0 Å². The second-order valence-corrected chi connectivity index (χ2v) is 3.82. The number of aromatic carboxylic acids is 1. The highest BCUT2D eigenvalue weighted by Crippen LogP contribution is 2.35. The summed E-state index contributed by atoms with van der Waals surface area (Å²) in [5, 5.41) is 9.00. The molecule has 0 spiro atoms. The van der Waals surface area contributed by atoms with Crippen LogP contribution in [0.1, 0.15) is 47.7 Å². The maximum absolute atomic E-state index is 11.0. The molecule has 1 aliphatic carbocycles. The second kappa shape index (κ2) is 3.84. The lowest BCUT2D eigenvalue weighted by atomic mass is 9.97. The molecule has 3 N–H and O–H groups in total. The molecule has 5 heteroatoms. The van der Waals surface area contributed by atoms with Crippen molar-refractivity contribution in [2.24, 2.45) is 0 Å². The minimum Gasteiger partial charge on any atom is -0.476 e. The van der Waals surface area contributed by atoms with Gasteiger partial charge in [0, 0.05) is 11.8 Å². The Bertz CT molecular complexity index is 386.